The molecule has 0 aliphatic carbocycles. The number of aryl methyl sites for hydroxylation is 1. The van der Waals surface area contributed by atoms with Crippen LogP contribution in [0.3, 0.4) is 0 Å². The smallest absolute Gasteiger partial charge is 0.287 e. The van der Waals surface area contributed by atoms with E-state index in [1.165, 1.54) is 5.56 Å². The molecule has 1 amide bonds. The molecule has 0 saturated heterocycles. The number of rotatable bonds is 4. The number of furan rings is 1. The predicted octanol–water partition coefficient (Wildman–Crippen LogP) is 2.72. The molecule has 3 N–H and O–H groups in total. The van der Waals surface area contributed by atoms with Crippen molar-refractivity contribution in [2.45, 2.75) is 13.8 Å². The van der Waals surface area contributed by atoms with Crippen LogP contribution in [-0.4, -0.2) is 32.2 Å². The van der Waals surface area contributed by atoms with Crippen molar-refractivity contribution in [3.63, 3.8) is 0 Å². The minimum absolute atomic E-state index is 0.144. The number of nitrogens with zero attached hydrogens (tertiary/aromatic N) is 4. The minimum Gasteiger partial charge on any atom is -0.445 e. The van der Waals surface area contributed by atoms with Crippen LogP contribution in [0.5, 0.6) is 0 Å². The van der Waals surface area contributed by atoms with Crippen molar-refractivity contribution in [3.8, 4) is 17.1 Å². The van der Waals surface area contributed by atoms with E-state index in [-0.39, 0.29) is 23.1 Å². The van der Waals surface area contributed by atoms with Gasteiger partial charge >= 0.3 is 0 Å². The summed E-state index contributed by atoms with van der Waals surface area (Å²) in [5.74, 6) is 0.281. The molecule has 1 aromatic carbocycles. The molecule has 27 heavy (non-hydrogen) atoms. The number of fused-ring (bicyclic) bond motifs is 1. The second-order valence-corrected chi connectivity index (χ2v) is 6.14. The van der Waals surface area contributed by atoms with Gasteiger partial charge in [-0.1, -0.05) is 29.8 Å². The number of aromatic nitrogens is 4. The normalized spacial score (nSPS) is 11.0. The number of nitrogens with one attached hydrogen (secondary N) is 1. The van der Waals surface area contributed by atoms with Crippen molar-refractivity contribution in [2.75, 3.05) is 12.3 Å². The highest BCUT2D eigenvalue weighted by Gasteiger charge is 2.17. The Morgan fingerprint density at radius 3 is 2.89 bits per heavy atom. The fraction of sp³-hybridized carbons (Fsp3) is 0.158. The van der Waals surface area contributed by atoms with Crippen LogP contribution in [0.4, 0.5) is 5.82 Å². The van der Waals surface area contributed by atoms with Crippen molar-refractivity contribution < 1.29 is 9.21 Å². The molecule has 0 aliphatic rings. The van der Waals surface area contributed by atoms with Crippen LogP contribution in [0, 0.1) is 6.92 Å². The number of nitrogen functional groups attached to an aromatic ring is 1. The van der Waals surface area contributed by atoms with Gasteiger partial charge in [-0.25, -0.2) is 9.67 Å². The maximum Gasteiger partial charge on any atom is 0.287 e. The summed E-state index contributed by atoms with van der Waals surface area (Å²) in [5.41, 5.74) is 9.89. The molecular formula is C19H18N6O2. The summed E-state index contributed by atoms with van der Waals surface area (Å²) in [5, 5.41) is 7.01. The molecule has 0 bridgehead atoms. The average Bonchev–Trinajstić information content (AvgIpc) is 3.29. The van der Waals surface area contributed by atoms with Crippen molar-refractivity contribution in [1.29, 1.82) is 0 Å². The molecule has 4 rings (SSSR count). The summed E-state index contributed by atoms with van der Waals surface area (Å²) in [6, 6.07) is 9.68. The van der Waals surface area contributed by atoms with Gasteiger partial charge < -0.3 is 15.5 Å². The first-order valence-corrected chi connectivity index (χ1v) is 8.52. The Morgan fingerprint density at radius 1 is 1.26 bits per heavy atom. The lowest BCUT2D eigenvalue weighted by Crippen LogP contribution is -2.21. The van der Waals surface area contributed by atoms with Gasteiger partial charge in [0.15, 0.2) is 17.2 Å². The fourth-order valence-electron chi connectivity index (χ4n) is 2.81. The lowest BCUT2D eigenvalue weighted by atomic mass is 10.1. The predicted molar refractivity (Wildman–Crippen MR) is 102 cm³/mol. The van der Waals surface area contributed by atoms with Crippen molar-refractivity contribution >= 4 is 22.8 Å². The molecule has 3 heterocycles. The van der Waals surface area contributed by atoms with E-state index in [0.717, 1.165) is 11.1 Å². The number of carbonyl (C=O) groups excluding carboxylic acids is 1. The number of nitrogens with two attached hydrogens (primary N) is 1. The molecule has 8 nitrogen and oxygen atoms in total. The third kappa shape index (κ3) is 3.12. The maximum atomic E-state index is 12.0. The summed E-state index contributed by atoms with van der Waals surface area (Å²) in [7, 11) is 0. The van der Waals surface area contributed by atoms with E-state index in [1.807, 2.05) is 38.2 Å². The van der Waals surface area contributed by atoms with Gasteiger partial charge in [0.2, 0.25) is 0 Å². The molecule has 0 fully saturated rings. The zero-order chi connectivity index (χ0) is 19.0. The van der Waals surface area contributed by atoms with Crippen LogP contribution in [0.2, 0.25) is 0 Å². The van der Waals surface area contributed by atoms with Crippen LogP contribution < -0.4 is 11.1 Å². The summed E-state index contributed by atoms with van der Waals surface area (Å²) in [4.78, 5) is 20.6. The summed E-state index contributed by atoms with van der Waals surface area (Å²) < 4.78 is 7.05. The number of hydrogen-bond donors (Lipinski definition) is 2. The highest BCUT2D eigenvalue weighted by Crippen LogP contribution is 2.25. The summed E-state index contributed by atoms with van der Waals surface area (Å²) in [6.07, 6.45) is 3.58. The molecule has 136 valence electrons. The number of benzene rings is 1. The molecule has 0 radical (unpaired) electrons. The summed E-state index contributed by atoms with van der Waals surface area (Å²) >= 11 is 0. The molecule has 8 heteroatoms. The number of hydrogen-bond acceptors (Lipinski definition) is 6. The number of amides is 1. The SMILES string of the molecule is CCNC(=O)c1cc2nc(-n3cc(-c4cccc(C)c4)cn3)nc(N)c2o1. The number of carbonyl (C=O) groups is 1. The highest BCUT2D eigenvalue weighted by molar-refractivity contribution is 5.96. The summed E-state index contributed by atoms with van der Waals surface area (Å²) in [6.45, 7) is 4.37. The van der Waals surface area contributed by atoms with Crippen LogP contribution in [0.1, 0.15) is 23.0 Å². The Balaban J connectivity index is 1.73. The second kappa shape index (κ2) is 6.56. The molecule has 0 atom stereocenters. The van der Waals surface area contributed by atoms with Crippen molar-refractivity contribution in [2.24, 2.45) is 0 Å². The standard InChI is InChI=1S/C19H18N6O2/c1-3-21-18(26)15-8-14-16(27-15)17(20)24-19(23-14)25-10-13(9-22-25)12-6-4-5-11(2)7-12/h4-10H,3H2,1-2H3,(H,21,26)(H2,20,23,24). The Labute approximate surface area is 155 Å². The van der Waals surface area contributed by atoms with Gasteiger partial charge in [-0.05, 0) is 19.4 Å². The Hall–Kier alpha value is -3.68. The third-order valence-corrected chi connectivity index (χ3v) is 4.09. The van der Waals surface area contributed by atoms with E-state index in [9.17, 15) is 4.79 Å². The topological polar surface area (TPSA) is 112 Å². The van der Waals surface area contributed by atoms with Crippen molar-refractivity contribution in [3.05, 3.63) is 54.0 Å². The Kier molecular flexibility index (Phi) is 4.08. The number of anilines is 1. The van der Waals surface area contributed by atoms with Crippen LogP contribution >= 0.6 is 0 Å². The molecule has 4 aromatic rings. The van der Waals surface area contributed by atoms with Crippen molar-refractivity contribution in [1.82, 2.24) is 25.1 Å². The van der Waals surface area contributed by atoms with Crippen LogP contribution in [0.25, 0.3) is 28.2 Å². The zero-order valence-electron chi connectivity index (χ0n) is 14.9. The zero-order valence-corrected chi connectivity index (χ0v) is 14.9. The maximum absolute atomic E-state index is 12.0. The minimum atomic E-state index is -0.322. The van der Waals surface area contributed by atoms with Gasteiger partial charge in [-0.15, -0.1) is 0 Å². The van der Waals surface area contributed by atoms with E-state index in [4.69, 9.17) is 10.2 Å². The highest BCUT2D eigenvalue weighted by atomic mass is 16.3. The van der Waals surface area contributed by atoms with Gasteiger partial charge in [0.25, 0.3) is 11.9 Å². The lowest BCUT2D eigenvalue weighted by Gasteiger charge is -2.01. The molecule has 0 unspecified atom stereocenters. The molecule has 0 saturated carbocycles. The van der Waals surface area contributed by atoms with Crippen LogP contribution in [0.15, 0.2) is 47.1 Å². The van der Waals surface area contributed by atoms with E-state index < -0.39 is 0 Å². The van der Waals surface area contributed by atoms with E-state index >= 15 is 0 Å². The van der Waals surface area contributed by atoms with Crippen LogP contribution in [-0.2, 0) is 0 Å². The largest absolute Gasteiger partial charge is 0.445 e. The Bertz CT molecular complexity index is 1140. The first kappa shape index (κ1) is 16.8. The van der Waals surface area contributed by atoms with E-state index in [1.54, 1.807) is 16.9 Å². The fourth-order valence-corrected chi connectivity index (χ4v) is 2.81. The first-order valence-electron chi connectivity index (χ1n) is 8.52. The van der Waals surface area contributed by atoms with E-state index in [2.05, 4.69) is 26.4 Å². The quantitative estimate of drug-likeness (QED) is 0.577. The van der Waals surface area contributed by atoms with Gasteiger partial charge in [-0.2, -0.15) is 10.1 Å². The third-order valence-electron chi connectivity index (χ3n) is 4.09. The average molecular weight is 362 g/mol. The van der Waals surface area contributed by atoms with Gasteiger partial charge in [0, 0.05) is 24.4 Å². The monoisotopic (exact) mass is 362 g/mol. The first-order chi connectivity index (χ1) is 13.0. The van der Waals surface area contributed by atoms with Gasteiger partial charge in [0.05, 0.1) is 6.20 Å². The van der Waals surface area contributed by atoms with Gasteiger partial charge in [0.1, 0.15) is 5.52 Å². The molecule has 0 aliphatic heterocycles. The second-order valence-electron chi connectivity index (χ2n) is 6.14. The molecule has 3 aromatic heterocycles. The van der Waals surface area contributed by atoms with E-state index in [0.29, 0.717) is 18.0 Å². The molecule has 0 spiro atoms. The Morgan fingerprint density at radius 2 is 2.11 bits per heavy atom. The lowest BCUT2D eigenvalue weighted by molar-refractivity contribution is 0.0930. The van der Waals surface area contributed by atoms with Gasteiger partial charge in [-0.3, -0.25) is 4.79 Å². The molecular weight excluding hydrogens is 344 g/mol.